The monoisotopic (exact) mass is 255 g/mol. The molecule has 18 heavy (non-hydrogen) atoms. The van der Waals surface area contributed by atoms with Crippen LogP contribution >= 0.6 is 0 Å². The lowest BCUT2D eigenvalue weighted by atomic mass is 10.00. The number of nitrogens with one attached hydrogen (secondary N) is 1. The van der Waals surface area contributed by atoms with Gasteiger partial charge in [-0.05, 0) is 46.4 Å². The third-order valence-corrected chi connectivity index (χ3v) is 4.72. The quantitative estimate of drug-likeness (QED) is 0.803. The molecule has 2 atom stereocenters. The summed E-state index contributed by atoms with van der Waals surface area (Å²) in [5.74, 6) is 0. The molecule has 4 nitrogen and oxygen atoms in total. The molecule has 0 radical (unpaired) electrons. The normalized spacial score (nSPS) is 29.7. The van der Waals surface area contributed by atoms with Gasteiger partial charge in [-0.25, -0.2) is 0 Å². The van der Waals surface area contributed by atoms with Crippen LogP contribution in [0, 0.1) is 0 Å². The maximum atomic E-state index is 5.88. The lowest BCUT2D eigenvalue weighted by molar-refractivity contribution is -0.0359. The Kier molecular flexibility index (Phi) is 5.42. The van der Waals surface area contributed by atoms with Crippen LogP contribution in [-0.2, 0) is 4.74 Å². The highest BCUT2D eigenvalue weighted by atomic mass is 16.5. The molecule has 2 aliphatic heterocycles. The Morgan fingerprint density at radius 2 is 2.11 bits per heavy atom. The molecule has 2 fully saturated rings. The maximum Gasteiger partial charge on any atom is 0.0852 e. The van der Waals surface area contributed by atoms with E-state index in [4.69, 9.17) is 4.74 Å². The summed E-state index contributed by atoms with van der Waals surface area (Å²) in [6, 6.07) is 1.24. The van der Waals surface area contributed by atoms with E-state index < -0.39 is 0 Å². The summed E-state index contributed by atoms with van der Waals surface area (Å²) in [5.41, 5.74) is 0. The molecule has 0 spiro atoms. The number of likely N-dealkylation sites (tertiary alicyclic amines) is 1. The number of rotatable bonds is 4. The van der Waals surface area contributed by atoms with Gasteiger partial charge in [0.25, 0.3) is 0 Å². The fourth-order valence-corrected chi connectivity index (χ4v) is 3.13. The topological polar surface area (TPSA) is 27.7 Å². The highest BCUT2D eigenvalue weighted by molar-refractivity contribution is 4.85. The third-order valence-electron chi connectivity index (χ3n) is 4.72. The van der Waals surface area contributed by atoms with Crippen molar-refractivity contribution in [2.24, 2.45) is 0 Å². The standard InChI is InChI=1S/C14H29N3O/c1-4-17-8-5-13(6-9-17)16(3)12(2)14-11-15-7-10-18-14/h12-15H,4-11H2,1-3H3. The molecule has 0 amide bonds. The van der Waals surface area contributed by atoms with E-state index in [1.165, 1.54) is 32.5 Å². The van der Waals surface area contributed by atoms with E-state index >= 15 is 0 Å². The Morgan fingerprint density at radius 3 is 2.67 bits per heavy atom. The first-order chi connectivity index (χ1) is 8.72. The molecule has 4 heteroatoms. The van der Waals surface area contributed by atoms with Gasteiger partial charge in [0.1, 0.15) is 0 Å². The smallest absolute Gasteiger partial charge is 0.0852 e. The van der Waals surface area contributed by atoms with Crippen molar-refractivity contribution in [3.63, 3.8) is 0 Å². The fraction of sp³-hybridized carbons (Fsp3) is 1.00. The predicted octanol–water partition coefficient (Wildman–Crippen LogP) is 0.779. The molecule has 1 N–H and O–H groups in total. The molecule has 2 aliphatic rings. The van der Waals surface area contributed by atoms with Gasteiger partial charge in [0.2, 0.25) is 0 Å². The first-order valence-electron chi connectivity index (χ1n) is 7.49. The summed E-state index contributed by atoms with van der Waals surface area (Å²) < 4.78 is 5.88. The summed E-state index contributed by atoms with van der Waals surface area (Å²) in [4.78, 5) is 5.10. The van der Waals surface area contributed by atoms with Crippen LogP contribution in [-0.4, -0.2) is 74.4 Å². The van der Waals surface area contributed by atoms with Gasteiger partial charge < -0.3 is 15.0 Å². The molecule has 0 bridgehead atoms. The Morgan fingerprint density at radius 1 is 1.39 bits per heavy atom. The van der Waals surface area contributed by atoms with Gasteiger partial charge >= 0.3 is 0 Å². The number of piperidine rings is 1. The van der Waals surface area contributed by atoms with Gasteiger partial charge in [-0.3, -0.25) is 4.90 Å². The molecule has 2 rings (SSSR count). The van der Waals surface area contributed by atoms with Gasteiger partial charge in [0.15, 0.2) is 0 Å². The number of hydrogen-bond donors (Lipinski definition) is 1. The van der Waals surface area contributed by atoms with E-state index in [0.29, 0.717) is 12.1 Å². The van der Waals surface area contributed by atoms with Crippen molar-refractivity contribution in [2.75, 3.05) is 46.4 Å². The zero-order valence-electron chi connectivity index (χ0n) is 12.2. The van der Waals surface area contributed by atoms with E-state index in [9.17, 15) is 0 Å². The second-order valence-electron chi connectivity index (χ2n) is 5.68. The van der Waals surface area contributed by atoms with Crippen molar-refractivity contribution in [3.8, 4) is 0 Å². The predicted molar refractivity (Wildman–Crippen MR) is 75.0 cm³/mol. The first-order valence-corrected chi connectivity index (χ1v) is 7.49. The zero-order valence-corrected chi connectivity index (χ0v) is 12.2. The van der Waals surface area contributed by atoms with Crippen molar-refractivity contribution < 1.29 is 4.74 Å². The maximum absolute atomic E-state index is 5.88. The fourth-order valence-electron chi connectivity index (χ4n) is 3.13. The lowest BCUT2D eigenvalue weighted by Crippen LogP contribution is -2.54. The van der Waals surface area contributed by atoms with E-state index in [1.807, 2.05) is 0 Å². The van der Waals surface area contributed by atoms with Crippen molar-refractivity contribution in [2.45, 2.75) is 44.9 Å². The molecule has 2 heterocycles. The summed E-state index contributed by atoms with van der Waals surface area (Å²) in [6.45, 7) is 11.1. The lowest BCUT2D eigenvalue weighted by Gasteiger charge is -2.42. The molecule has 2 saturated heterocycles. The largest absolute Gasteiger partial charge is 0.374 e. The second-order valence-corrected chi connectivity index (χ2v) is 5.68. The first kappa shape index (κ1) is 14.3. The minimum Gasteiger partial charge on any atom is -0.374 e. The number of likely N-dealkylation sites (N-methyl/N-ethyl adjacent to an activating group) is 1. The van der Waals surface area contributed by atoms with E-state index in [1.54, 1.807) is 0 Å². The SMILES string of the molecule is CCN1CCC(N(C)C(C)C2CNCCO2)CC1. The van der Waals surface area contributed by atoms with Crippen LogP contribution in [0.15, 0.2) is 0 Å². The Hall–Kier alpha value is -0.160. The molecule has 0 aromatic heterocycles. The number of ether oxygens (including phenoxy) is 1. The van der Waals surface area contributed by atoms with Crippen LogP contribution in [0.1, 0.15) is 26.7 Å². The Labute approximate surface area is 112 Å². The minimum atomic E-state index is 0.355. The highest BCUT2D eigenvalue weighted by Crippen LogP contribution is 2.19. The summed E-state index contributed by atoms with van der Waals surface area (Å²) in [6.07, 6.45) is 2.96. The second kappa shape index (κ2) is 6.85. The van der Waals surface area contributed by atoms with Crippen LogP contribution in [0.3, 0.4) is 0 Å². The number of nitrogens with zero attached hydrogens (tertiary/aromatic N) is 2. The minimum absolute atomic E-state index is 0.355. The van der Waals surface area contributed by atoms with Crippen molar-refractivity contribution >= 4 is 0 Å². The third kappa shape index (κ3) is 3.44. The summed E-state index contributed by atoms with van der Waals surface area (Å²) >= 11 is 0. The summed E-state index contributed by atoms with van der Waals surface area (Å²) in [5, 5.41) is 3.43. The Balaban J connectivity index is 1.80. The number of hydrogen-bond acceptors (Lipinski definition) is 4. The molecule has 106 valence electrons. The van der Waals surface area contributed by atoms with Crippen LogP contribution in [0.2, 0.25) is 0 Å². The molecular weight excluding hydrogens is 226 g/mol. The van der Waals surface area contributed by atoms with Gasteiger partial charge in [-0.1, -0.05) is 6.92 Å². The van der Waals surface area contributed by atoms with Crippen LogP contribution in [0.5, 0.6) is 0 Å². The van der Waals surface area contributed by atoms with Gasteiger partial charge in [-0.2, -0.15) is 0 Å². The average molecular weight is 255 g/mol. The molecule has 0 aliphatic carbocycles. The van der Waals surface area contributed by atoms with Crippen LogP contribution in [0.4, 0.5) is 0 Å². The highest BCUT2D eigenvalue weighted by Gasteiger charge is 2.29. The zero-order chi connectivity index (χ0) is 13.0. The molecule has 0 aromatic carbocycles. The number of morpholine rings is 1. The van der Waals surface area contributed by atoms with Crippen molar-refractivity contribution in [1.82, 2.24) is 15.1 Å². The molecule has 0 aromatic rings. The Bertz CT molecular complexity index is 235. The van der Waals surface area contributed by atoms with Crippen LogP contribution in [0.25, 0.3) is 0 Å². The summed E-state index contributed by atoms with van der Waals surface area (Å²) in [7, 11) is 2.27. The molecule has 2 unspecified atom stereocenters. The van der Waals surface area contributed by atoms with E-state index in [2.05, 4.69) is 36.0 Å². The van der Waals surface area contributed by atoms with E-state index in [0.717, 1.165) is 25.7 Å². The van der Waals surface area contributed by atoms with Gasteiger partial charge in [0, 0.05) is 25.2 Å². The average Bonchev–Trinajstić information content (AvgIpc) is 2.47. The van der Waals surface area contributed by atoms with Crippen LogP contribution < -0.4 is 5.32 Å². The van der Waals surface area contributed by atoms with Gasteiger partial charge in [-0.15, -0.1) is 0 Å². The molecular formula is C14H29N3O. The van der Waals surface area contributed by atoms with Gasteiger partial charge in [0.05, 0.1) is 12.7 Å². The van der Waals surface area contributed by atoms with Crippen molar-refractivity contribution in [3.05, 3.63) is 0 Å². The van der Waals surface area contributed by atoms with Crippen molar-refractivity contribution in [1.29, 1.82) is 0 Å². The molecule has 0 saturated carbocycles. The van der Waals surface area contributed by atoms with E-state index in [-0.39, 0.29) is 0 Å².